The Morgan fingerprint density at radius 3 is 2.27 bits per heavy atom. The van der Waals surface area contributed by atoms with Gasteiger partial charge >= 0.3 is 0 Å². The van der Waals surface area contributed by atoms with E-state index >= 15 is 0 Å². The van der Waals surface area contributed by atoms with Gasteiger partial charge < -0.3 is 10.4 Å². The molecule has 2 heteroatoms. The van der Waals surface area contributed by atoms with Crippen LogP contribution in [0.1, 0.15) is 59.8 Å². The summed E-state index contributed by atoms with van der Waals surface area (Å²) in [4.78, 5) is 0. The number of aliphatic hydroxyl groups is 1. The van der Waals surface area contributed by atoms with Gasteiger partial charge in [0.25, 0.3) is 0 Å². The molecule has 0 spiro atoms. The van der Waals surface area contributed by atoms with Gasteiger partial charge in [0.15, 0.2) is 0 Å². The summed E-state index contributed by atoms with van der Waals surface area (Å²) in [6, 6.07) is 0.681. The second-order valence-electron chi connectivity index (χ2n) is 6.46. The quantitative estimate of drug-likeness (QED) is 0.752. The van der Waals surface area contributed by atoms with Gasteiger partial charge in [-0.15, -0.1) is 0 Å². The first-order valence-electron chi connectivity index (χ1n) is 6.24. The van der Waals surface area contributed by atoms with Gasteiger partial charge in [-0.2, -0.15) is 0 Å². The van der Waals surface area contributed by atoms with Crippen LogP contribution in [-0.4, -0.2) is 23.3 Å². The van der Waals surface area contributed by atoms with E-state index in [1.807, 2.05) is 13.8 Å². The molecule has 90 valence electrons. The molecule has 1 saturated carbocycles. The lowest BCUT2D eigenvalue weighted by Crippen LogP contribution is -2.38. The maximum absolute atomic E-state index is 9.59. The zero-order chi connectivity index (χ0) is 11.5. The molecule has 1 fully saturated rings. The summed E-state index contributed by atoms with van der Waals surface area (Å²) < 4.78 is 0. The molecular formula is C13H27NO. The van der Waals surface area contributed by atoms with E-state index in [4.69, 9.17) is 0 Å². The van der Waals surface area contributed by atoms with Gasteiger partial charge in [-0.1, -0.05) is 13.8 Å². The van der Waals surface area contributed by atoms with E-state index in [9.17, 15) is 5.11 Å². The molecular weight excluding hydrogens is 186 g/mol. The maximum atomic E-state index is 9.59. The zero-order valence-corrected chi connectivity index (χ0v) is 10.8. The van der Waals surface area contributed by atoms with E-state index in [0.29, 0.717) is 11.5 Å². The van der Waals surface area contributed by atoms with Crippen molar-refractivity contribution in [3.05, 3.63) is 0 Å². The van der Waals surface area contributed by atoms with E-state index in [1.54, 1.807) is 0 Å². The normalized spacial score (nSPS) is 23.0. The van der Waals surface area contributed by atoms with E-state index in [2.05, 4.69) is 19.2 Å². The highest BCUT2D eigenvalue weighted by atomic mass is 16.3. The van der Waals surface area contributed by atoms with Crippen molar-refractivity contribution in [1.82, 2.24) is 5.32 Å². The smallest absolute Gasteiger partial charge is 0.0603 e. The molecule has 0 aromatic heterocycles. The van der Waals surface area contributed by atoms with Crippen LogP contribution in [0.15, 0.2) is 0 Å². The fourth-order valence-corrected chi connectivity index (χ4v) is 2.19. The number of rotatable bonds is 4. The predicted octanol–water partition coefficient (Wildman–Crippen LogP) is 2.71. The summed E-state index contributed by atoms with van der Waals surface area (Å²) in [6.45, 7) is 9.41. The van der Waals surface area contributed by atoms with Crippen molar-refractivity contribution in [3.63, 3.8) is 0 Å². The Balaban J connectivity index is 2.14. The highest BCUT2D eigenvalue weighted by Gasteiger charge is 2.26. The second kappa shape index (κ2) is 4.84. The monoisotopic (exact) mass is 213 g/mol. The number of nitrogens with one attached hydrogen (secondary N) is 1. The minimum absolute atomic E-state index is 0.527. The van der Waals surface area contributed by atoms with Crippen LogP contribution in [0.2, 0.25) is 0 Å². The SMILES string of the molecule is CC(C)(O)CCNC1CCC(C)(C)CC1. The highest BCUT2D eigenvalue weighted by Crippen LogP contribution is 2.34. The molecule has 0 radical (unpaired) electrons. The standard InChI is InChI=1S/C13H27NO/c1-12(2)7-5-11(6-8-12)14-10-9-13(3,4)15/h11,14-15H,5-10H2,1-4H3. The molecule has 0 atom stereocenters. The Morgan fingerprint density at radius 1 is 1.27 bits per heavy atom. The minimum atomic E-state index is -0.527. The largest absolute Gasteiger partial charge is 0.390 e. The minimum Gasteiger partial charge on any atom is -0.390 e. The fraction of sp³-hybridized carbons (Fsp3) is 1.00. The molecule has 0 bridgehead atoms. The maximum Gasteiger partial charge on any atom is 0.0603 e. The van der Waals surface area contributed by atoms with Crippen molar-refractivity contribution >= 4 is 0 Å². The van der Waals surface area contributed by atoms with Crippen molar-refractivity contribution in [2.24, 2.45) is 5.41 Å². The van der Waals surface area contributed by atoms with Crippen LogP contribution >= 0.6 is 0 Å². The number of hydrogen-bond donors (Lipinski definition) is 2. The molecule has 2 N–H and O–H groups in total. The van der Waals surface area contributed by atoms with E-state index in [0.717, 1.165) is 13.0 Å². The van der Waals surface area contributed by atoms with Gasteiger partial charge in [-0.3, -0.25) is 0 Å². The van der Waals surface area contributed by atoms with Crippen LogP contribution in [0.4, 0.5) is 0 Å². The van der Waals surface area contributed by atoms with Crippen LogP contribution in [0.25, 0.3) is 0 Å². The molecule has 1 rings (SSSR count). The zero-order valence-electron chi connectivity index (χ0n) is 10.8. The van der Waals surface area contributed by atoms with E-state index in [1.165, 1.54) is 25.7 Å². The first-order chi connectivity index (χ1) is 6.79. The van der Waals surface area contributed by atoms with Crippen LogP contribution in [0.3, 0.4) is 0 Å². The van der Waals surface area contributed by atoms with Crippen LogP contribution in [0.5, 0.6) is 0 Å². The average Bonchev–Trinajstić information content (AvgIpc) is 2.06. The van der Waals surface area contributed by atoms with Gasteiger partial charge in [0.05, 0.1) is 5.60 Å². The van der Waals surface area contributed by atoms with Gasteiger partial charge in [0, 0.05) is 6.04 Å². The summed E-state index contributed by atoms with van der Waals surface area (Å²) in [7, 11) is 0. The Kier molecular flexibility index (Phi) is 4.19. The third kappa shape index (κ3) is 5.53. The molecule has 15 heavy (non-hydrogen) atoms. The summed E-state index contributed by atoms with van der Waals surface area (Å²) in [5.74, 6) is 0. The van der Waals surface area contributed by atoms with Gasteiger partial charge in [0.1, 0.15) is 0 Å². The summed E-state index contributed by atoms with van der Waals surface area (Å²) in [6.07, 6.45) is 6.07. The lowest BCUT2D eigenvalue weighted by molar-refractivity contribution is 0.0690. The third-order valence-corrected chi connectivity index (χ3v) is 3.51. The van der Waals surface area contributed by atoms with Crippen molar-refractivity contribution in [3.8, 4) is 0 Å². The fourth-order valence-electron chi connectivity index (χ4n) is 2.19. The van der Waals surface area contributed by atoms with Crippen molar-refractivity contribution in [2.45, 2.75) is 71.4 Å². The summed E-state index contributed by atoms with van der Waals surface area (Å²) in [5, 5.41) is 13.1. The van der Waals surface area contributed by atoms with Gasteiger partial charge in [0.2, 0.25) is 0 Å². The van der Waals surface area contributed by atoms with Crippen molar-refractivity contribution < 1.29 is 5.11 Å². The van der Waals surface area contributed by atoms with Crippen molar-refractivity contribution in [1.29, 1.82) is 0 Å². The van der Waals surface area contributed by atoms with Gasteiger partial charge in [-0.25, -0.2) is 0 Å². The average molecular weight is 213 g/mol. The topological polar surface area (TPSA) is 32.3 Å². The van der Waals surface area contributed by atoms with Crippen molar-refractivity contribution in [2.75, 3.05) is 6.54 Å². The molecule has 2 nitrogen and oxygen atoms in total. The molecule has 0 unspecified atom stereocenters. The number of hydrogen-bond acceptors (Lipinski definition) is 2. The lowest BCUT2D eigenvalue weighted by Gasteiger charge is -2.35. The van der Waals surface area contributed by atoms with E-state index in [-0.39, 0.29) is 0 Å². The van der Waals surface area contributed by atoms with E-state index < -0.39 is 5.60 Å². The first kappa shape index (κ1) is 13.0. The highest BCUT2D eigenvalue weighted by molar-refractivity contribution is 4.82. The molecule has 0 amide bonds. The second-order valence-corrected chi connectivity index (χ2v) is 6.46. The molecule has 1 aliphatic carbocycles. The molecule has 1 aliphatic rings. The van der Waals surface area contributed by atoms with Crippen LogP contribution in [-0.2, 0) is 0 Å². The first-order valence-corrected chi connectivity index (χ1v) is 6.24. The molecule has 0 aromatic rings. The Morgan fingerprint density at radius 2 is 1.80 bits per heavy atom. The molecule has 0 aliphatic heterocycles. The Labute approximate surface area is 94.5 Å². The third-order valence-electron chi connectivity index (χ3n) is 3.51. The Hall–Kier alpha value is -0.0800. The van der Waals surface area contributed by atoms with Gasteiger partial charge in [-0.05, 0) is 57.9 Å². The molecule has 0 heterocycles. The van der Waals surface area contributed by atoms with Crippen LogP contribution in [0, 0.1) is 5.41 Å². The molecule has 0 saturated heterocycles. The summed E-state index contributed by atoms with van der Waals surface area (Å²) >= 11 is 0. The molecule has 0 aromatic carbocycles. The Bertz CT molecular complexity index is 183. The summed E-state index contributed by atoms with van der Waals surface area (Å²) in [5.41, 5.74) is 0.0232. The predicted molar refractivity (Wildman–Crippen MR) is 65.0 cm³/mol. The lowest BCUT2D eigenvalue weighted by atomic mass is 9.75. The van der Waals surface area contributed by atoms with Crippen LogP contribution < -0.4 is 5.32 Å².